The number of guanidine groups is 1. The van der Waals surface area contributed by atoms with Crippen molar-refractivity contribution in [2.24, 2.45) is 12.0 Å². The Balaban J connectivity index is 0.00000420. The van der Waals surface area contributed by atoms with Gasteiger partial charge in [0.15, 0.2) is 17.5 Å². The van der Waals surface area contributed by atoms with E-state index in [9.17, 15) is 8.78 Å². The number of ether oxygens (including phenoxy) is 2. The van der Waals surface area contributed by atoms with Gasteiger partial charge in [0.05, 0.1) is 25.2 Å². The van der Waals surface area contributed by atoms with E-state index in [-0.39, 0.29) is 42.0 Å². The number of rotatable bonds is 8. The first-order chi connectivity index (χ1) is 13.3. The molecule has 0 aliphatic rings. The lowest BCUT2D eigenvalue weighted by Crippen LogP contribution is -2.37. The Morgan fingerprint density at radius 1 is 1.21 bits per heavy atom. The molecule has 0 spiro atoms. The third-order valence-electron chi connectivity index (χ3n) is 3.86. The fraction of sp³-hybridized carbons (Fsp3) is 0.389. The predicted molar refractivity (Wildman–Crippen MR) is 122 cm³/mol. The van der Waals surface area contributed by atoms with E-state index < -0.39 is 6.61 Å². The van der Waals surface area contributed by atoms with Crippen molar-refractivity contribution in [2.75, 3.05) is 13.7 Å². The second kappa shape index (κ2) is 12.3. The van der Waals surface area contributed by atoms with Crippen molar-refractivity contribution in [3.05, 3.63) is 45.7 Å². The van der Waals surface area contributed by atoms with Crippen molar-refractivity contribution in [3.63, 3.8) is 0 Å². The average Bonchev–Trinajstić information content (AvgIpc) is 2.90. The van der Waals surface area contributed by atoms with Gasteiger partial charge in [0.25, 0.3) is 0 Å². The summed E-state index contributed by atoms with van der Waals surface area (Å²) in [5.74, 6) is 0.759. The van der Waals surface area contributed by atoms with E-state index in [1.54, 1.807) is 22.8 Å². The Labute approximate surface area is 195 Å². The van der Waals surface area contributed by atoms with Crippen LogP contribution in [0.4, 0.5) is 8.78 Å². The van der Waals surface area contributed by atoms with Crippen LogP contribution < -0.4 is 20.1 Å². The van der Waals surface area contributed by atoms with Crippen molar-refractivity contribution >= 4 is 53.1 Å². The number of benzene rings is 1. The van der Waals surface area contributed by atoms with Gasteiger partial charge in [-0.2, -0.15) is 8.78 Å². The topological polar surface area (TPSA) is 59.8 Å². The molecule has 0 aliphatic carbocycles. The maximum absolute atomic E-state index is 12.6. The number of aliphatic imine (C=N–C) groups is 1. The minimum Gasteiger partial charge on any atom is -0.493 e. The molecule has 6 nitrogen and oxygen atoms in total. The van der Waals surface area contributed by atoms with E-state index in [0.717, 1.165) is 5.69 Å². The Kier molecular flexibility index (Phi) is 10.8. The van der Waals surface area contributed by atoms with Gasteiger partial charge in [-0.25, -0.2) is 4.99 Å². The standard InChI is InChI=1S/C18H22Cl2F2N4O2.HI/c1-4-23-18(25-10-12-8-13(19)16(20)26(12)2)24-9-11-5-6-14(27-3)15(7-11)28-17(21)22;/h5-8,17H,4,9-10H2,1-3H3,(H2,23,24,25);1H. The van der Waals surface area contributed by atoms with Crippen LogP contribution in [0.15, 0.2) is 29.3 Å². The lowest BCUT2D eigenvalue weighted by molar-refractivity contribution is -0.0512. The summed E-state index contributed by atoms with van der Waals surface area (Å²) in [4.78, 5) is 4.47. The molecule has 2 aromatic rings. The summed E-state index contributed by atoms with van der Waals surface area (Å²) in [6.45, 7) is 0.374. The molecule has 2 N–H and O–H groups in total. The molecular formula is C18H23Cl2F2IN4O2. The van der Waals surface area contributed by atoms with Gasteiger partial charge in [-0.1, -0.05) is 29.3 Å². The summed E-state index contributed by atoms with van der Waals surface area (Å²) >= 11 is 12.1. The van der Waals surface area contributed by atoms with Gasteiger partial charge in [-0.05, 0) is 30.7 Å². The summed E-state index contributed by atoms with van der Waals surface area (Å²) in [5, 5.41) is 7.25. The predicted octanol–water partition coefficient (Wildman–Crippen LogP) is 4.82. The van der Waals surface area contributed by atoms with Crippen LogP contribution in [0.2, 0.25) is 10.2 Å². The fourth-order valence-electron chi connectivity index (χ4n) is 2.45. The highest BCUT2D eigenvalue weighted by atomic mass is 127. The molecule has 0 atom stereocenters. The molecule has 0 amide bonds. The molecule has 29 heavy (non-hydrogen) atoms. The first-order valence-corrected chi connectivity index (χ1v) is 9.24. The van der Waals surface area contributed by atoms with Gasteiger partial charge in [0.2, 0.25) is 0 Å². The number of methoxy groups -OCH3 is 1. The van der Waals surface area contributed by atoms with Crippen LogP contribution in [0.5, 0.6) is 11.5 Å². The van der Waals surface area contributed by atoms with E-state index in [2.05, 4.69) is 20.4 Å². The van der Waals surface area contributed by atoms with Crippen LogP contribution in [0.1, 0.15) is 18.2 Å². The molecule has 0 radical (unpaired) electrons. The number of alkyl halides is 2. The number of hydrogen-bond acceptors (Lipinski definition) is 3. The number of aromatic nitrogens is 1. The molecule has 2 rings (SSSR count). The molecule has 0 saturated heterocycles. The highest BCUT2D eigenvalue weighted by molar-refractivity contribution is 14.0. The van der Waals surface area contributed by atoms with Gasteiger partial charge in [0, 0.05) is 19.3 Å². The van der Waals surface area contributed by atoms with Crippen molar-refractivity contribution < 1.29 is 18.3 Å². The second-order valence-corrected chi connectivity index (χ2v) is 6.51. The number of halogens is 5. The minimum absolute atomic E-state index is 0. The smallest absolute Gasteiger partial charge is 0.387 e. The fourth-order valence-corrected chi connectivity index (χ4v) is 2.87. The molecule has 0 aliphatic heterocycles. The van der Waals surface area contributed by atoms with Gasteiger partial charge < -0.3 is 24.7 Å². The molecular weight excluding hydrogens is 540 g/mol. The first-order valence-electron chi connectivity index (χ1n) is 8.49. The van der Waals surface area contributed by atoms with Gasteiger partial charge in [-0.15, -0.1) is 24.0 Å². The molecule has 0 unspecified atom stereocenters. The molecule has 162 valence electrons. The molecule has 0 fully saturated rings. The van der Waals surface area contributed by atoms with E-state index in [1.807, 2.05) is 14.0 Å². The number of hydrogen-bond donors (Lipinski definition) is 2. The Morgan fingerprint density at radius 3 is 2.48 bits per heavy atom. The third kappa shape index (κ3) is 7.38. The van der Waals surface area contributed by atoms with Crippen LogP contribution in [0, 0.1) is 0 Å². The SMILES string of the molecule is CCNC(=NCc1ccc(OC)c(OC(F)F)c1)NCc1cc(Cl)c(Cl)n1C.I. The summed E-state index contributed by atoms with van der Waals surface area (Å²) in [6.07, 6.45) is 0. The Hall–Kier alpha value is -1.46. The van der Waals surface area contributed by atoms with Crippen LogP contribution >= 0.6 is 47.2 Å². The lowest BCUT2D eigenvalue weighted by atomic mass is 10.2. The second-order valence-electron chi connectivity index (χ2n) is 5.75. The molecule has 1 aromatic heterocycles. The molecule has 1 heterocycles. The molecule has 0 saturated carbocycles. The van der Waals surface area contributed by atoms with Crippen molar-refractivity contribution in [1.82, 2.24) is 15.2 Å². The third-order valence-corrected chi connectivity index (χ3v) is 4.70. The molecule has 0 bridgehead atoms. The molecule has 1 aromatic carbocycles. The first kappa shape index (κ1) is 25.6. The minimum atomic E-state index is -2.93. The number of nitrogens with one attached hydrogen (secondary N) is 2. The van der Waals surface area contributed by atoms with Crippen molar-refractivity contribution in [3.8, 4) is 11.5 Å². The maximum atomic E-state index is 12.6. The van der Waals surface area contributed by atoms with E-state index in [4.69, 9.17) is 27.9 Å². The average molecular weight is 563 g/mol. The summed E-state index contributed by atoms with van der Waals surface area (Å²) in [6, 6.07) is 6.56. The molecule has 11 heteroatoms. The monoisotopic (exact) mass is 562 g/mol. The quantitative estimate of drug-likeness (QED) is 0.275. The van der Waals surface area contributed by atoms with Crippen LogP contribution in [-0.2, 0) is 20.1 Å². The summed E-state index contributed by atoms with van der Waals surface area (Å²) in [5.41, 5.74) is 1.58. The summed E-state index contributed by atoms with van der Waals surface area (Å²) in [7, 11) is 3.21. The Morgan fingerprint density at radius 2 is 1.93 bits per heavy atom. The zero-order valence-electron chi connectivity index (χ0n) is 16.1. The van der Waals surface area contributed by atoms with Gasteiger partial charge in [0.1, 0.15) is 5.15 Å². The van der Waals surface area contributed by atoms with Crippen LogP contribution in [0.3, 0.4) is 0 Å². The highest BCUT2D eigenvalue weighted by Crippen LogP contribution is 2.29. The highest BCUT2D eigenvalue weighted by Gasteiger charge is 2.12. The largest absolute Gasteiger partial charge is 0.493 e. The van der Waals surface area contributed by atoms with Crippen molar-refractivity contribution in [2.45, 2.75) is 26.6 Å². The normalized spacial score (nSPS) is 11.2. The zero-order valence-corrected chi connectivity index (χ0v) is 20.0. The van der Waals surface area contributed by atoms with Crippen molar-refractivity contribution in [1.29, 1.82) is 0 Å². The maximum Gasteiger partial charge on any atom is 0.387 e. The van der Waals surface area contributed by atoms with E-state index in [1.165, 1.54) is 13.2 Å². The lowest BCUT2D eigenvalue weighted by Gasteiger charge is -2.13. The Bertz CT molecular complexity index is 834. The van der Waals surface area contributed by atoms with E-state index in [0.29, 0.717) is 34.8 Å². The van der Waals surface area contributed by atoms with Crippen LogP contribution in [0.25, 0.3) is 0 Å². The van der Waals surface area contributed by atoms with E-state index >= 15 is 0 Å². The number of nitrogens with zero attached hydrogens (tertiary/aromatic N) is 2. The van der Waals surface area contributed by atoms with Crippen LogP contribution in [-0.4, -0.2) is 30.8 Å². The zero-order chi connectivity index (χ0) is 20.7. The van der Waals surface area contributed by atoms with Gasteiger partial charge in [-0.3, -0.25) is 0 Å². The van der Waals surface area contributed by atoms with Gasteiger partial charge >= 0.3 is 6.61 Å². The summed E-state index contributed by atoms with van der Waals surface area (Å²) < 4.78 is 36.4.